The Morgan fingerprint density at radius 1 is 1.28 bits per heavy atom. The molecule has 0 radical (unpaired) electrons. The van der Waals surface area contributed by atoms with E-state index in [1.165, 1.54) is 14.7 Å². The highest BCUT2D eigenvalue weighted by molar-refractivity contribution is 7.90. The van der Waals surface area contributed by atoms with Crippen LogP contribution in [-0.4, -0.2) is 29.2 Å². The number of aryl methyl sites for hydroxylation is 2. The summed E-state index contributed by atoms with van der Waals surface area (Å²) >= 11 is 6.39. The van der Waals surface area contributed by atoms with E-state index in [9.17, 15) is 8.42 Å². The molecule has 0 fully saturated rings. The quantitative estimate of drug-likeness (QED) is 0.573. The summed E-state index contributed by atoms with van der Waals surface area (Å²) in [7, 11) is -0.383. The maximum Gasteiger partial charge on any atom is 0.249 e. The molecule has 3 aromatic rings. The van der Waals surface area contributed by atoms with Crippen LogP contribution in [-0.2, 0) is 23.6 Å². The van der Waals surface area contributed by atoms with Crippen molar-refractivity contribution in [1.29, 1.82) is 0 Å². The van der Waals surface area contributed by atoms with Gasteiger partial charge in [0.2, 0.25) is 10.0 Å². The van der Waals surface area contributed by atoms with Crippen molar-refractivity contribution in [2.45, 2.75) is 25.6 Å². The second-order valence-corrected chi connectivity index (χ2v) is 9.22. The summed E-state index contributed by atoms with van der Waals surface area (Å²) in [6.07, 6.45) is 3.09. The summed E-state index contributed by atoms with van der Waals surface area (Å²) in [6.45, 7) is 8.03. The second kappa shape index (κ2) is 8.18. The lowest BCUT2D eigenvalue weighted by molar-refractivity contribution is 0.581. The predicted molar refractivity (Wildman–Crippen MR) is 118 cm³/mol. The van der Waals surface area contributed by atoms with Gasteiger partial charge in [-0.05, 0) is 37.6 Å². The van der Waals surface area contributed by atoms with E-state index in [2.05, 4.69) is 17.0 Å². The van der Waals surface area contributed by atoms with Crippen LogP contribution >= 0.6 is 11.6 Å². The first kappa shape index (κ1) is 21.4. The van der Waals surface area contributed by atoms with Gasteiger partial charge in [0.25, 0.3) is 0 Å². The van der Waals surface area contributed by atoms with Crippen molar-refractivity contribution < 1.29 is 8.42 Å². The minimum atomic E-state index is -3.90. The van der Waals surface area contributed by atoms with Crippen molar-refractivity contribution in [3.8, 4) is 11.3 Å². The standard InChI is InChI=1S/C21H25ClN4O2S/c1-6-18(19-15(3)24-25(5)21(19)22)29(27,28)26-13-17(12-23-4)14(2)20(26)16-10-8-7-9-11-16/h6-11,13,18,23H,1,12H2,2-5H3. The Morgan fingerprint density at radius 3 is 2.45 bits per heavy atom. The fraction of sp³-hybridized carbons (Fsp3) is 0.286. The molecule has 0 saturated heterocycles. The third kappa shape index (κ3) is 3.66. The lowest BCUT2D eigenvalue weighted by Gasteiger charge is -2.18. The number of nitrogens with zero attached hydrogens (tertiary/aromatic N) is 3. The lowest BCUT2D eigenvalue weighted by atomic mass is 10.1. The highest BCUT2D eigenvalue weighted by atomic mass is 35.5. The molecule has 154 valence electrons. The zero-order valence-electron chi connectivity index (χ0n) is 17.0. The van der Waals surface area contributed by atoms with Crippen LogP contribution in [0.15, 0.2) is 49.2 Å². The van der Waals surface area contributed by atoms with Gasteiger partial charge < -0.3 is 5.32 Å². The average molecular weight is 433 g/mol. The average Bonchev–Trinajstić information content (AvgIpc) is 3.15. The maximum atomic E-state index is 13.8. The summed E-state index contributed by atoms with van der Waals surface area (Å²) in [5, 5.41) is 6.64. The molecular formula is C21H25ClN4O2S. The van der Waals surface area contributed by atoms with Crippen LogP contribution < -0.4 is 5.32 Å². The topological polar surface area (TPSA) is 68.9 Å². The normalized spacial score (nSPS) is 12.9. The number of rotatable bonds is 7. The summed E-state index contributed by atoms with van der Waals surface area (Å²) in [6, 6.07) is 9.50. The first-order chi connectivity index (χ1) is 13.7. The Labute approximate surface area is 176 Å². The summed E-state index contributed by atoms with van der Waals surface area (Å²) in [5.74, 6) is 0. The first-order valence-electron chi connectivity index (χ1n) is 9.20. The Bertz CT molecular complexity index is 1150. The molecule has 2 heterocycles. The summed E-state index contributed by atoms with van der Waals surface area (Å²) < 4.78 is 30.5. The molecule has 8 heteroatoms. The van der Waals surface area contributed by atoms with E-state index in [-0.39, 0.29) is 5.15 Å². The largest absolute Gasteiger partial charge is 0.316 e. The van der Waals surface area contributed by atoms with Gasteiger partial charge in [-0.3, -0.25) is 4.68 Å². The van der Waals surface area contributed by atoms with Crippen molar-refractivity contribution >= 4 is 21.6 Å². The van der Waals surface area contributed by atoms with Gasteiger partial charge >= 0.3 is 0 Å². The highest BCUT2D eigenvalue weighted by Crippen LogP contribution is 2.37. The third-order valence-corrected chi connectivity index (χ3v) is 7.39. The Hall–Kier alpha value is -2.35. The molecule has 0 spiro atoms. The molecule has 0 bridgehead atoms. The minimum Gasteiger partial charge on any atom is -0.316 e. The molecule has 0 aliphatic carbocycles. The van der Waals surface area contributed by atoms with E-state index in [4.69, 9.17) is 11.6 Å². The van der Waals surface area contributed by atoms with Gasteiger partial charge in [0.05, 0.1) is 11.4 Å². The number of nitrogens with one attached hydrogen (secondary N) is 1. The highest BCUT2D eigenvalue weighted by Gasteiger charge is 2.34. The van der Waals surface area contributed by atoms with Crippen LogP contribution in [0.2, 0.25) is 5.15 Å². The first-order valence-corrected chi connectivity index (χ1v) is 11.1. The Balaban J connectivity index is 2.28. The van der Waals surface area contributed by atoms with E-state index in [0.717, 1.165) is 16.7 Å². The summed E-state index contributed by atoms with van der Waals surface area (Å²) in [4.78, 5) is 0. The zero-order valence-corrected chi connectivity index (χ0v) is 18.5. The van der Waals surface area contributed by atoms with E-state index >= 15 is 0 Å². The smallest absolute Gasteiger partial charge is 0.249 e. The van der Waals surface area contributed by atoms with Gasteiger partial charge in [-0.2, -0.15) is 5.10 Å². The monoisotopic (exact) mass is 432 g/mol. The van der Waals surface area contributed by atoms with Gasteiger partial charge in [0.15, 0.2) is 0 Å². The molecule has 1 unspecified atom stereocenters. The molecule has 0 saturated carbocycles. The SMILES string of the molecule is C=CC(c1c(C)nn(C)c1Cl)S(=O)(=O)n1cc(CNC)c(C)c1-c1ccccc1. The molecule has 1 atom stereocenters. The van der Waals surface area contributed by atoms with Crippen LogP contribution in [0.5, 0.6) is 0 Å². The van der Waals surface area contributed by atoms with Crippen LogP contribution in [0.3, 0.4) is 0 Å². The zero-order chi connectivity index (χ0) is 21.3. The van der Waals surface area contributed by atoms with E-state index in [1.807, 2.05) is 44.3 Å². The fourth-order valence-electron chi connectivity index (χ4n) is 3.61. The molecule has 6 nitrogen and oxygen atoms in total. The van der Waals surface area contributed by atoms with E-state index < -0.39 is 15.3 Å². The third-order valence-electron chi connectivity index (χ3n) is 5.03. The van der Waals surface area contributed by atoms with Crippen molar-refractivity contribution in [2.75, 3.05) is 7.05 Å². The molecule has 2 aromatic heterocycles. The number of benzene rings is 1. The van der Waals surface area contributed by atoms with Crippen LogP contribution in [0.4, 0.5) is 0 Å². The maximum absolute atomic E-state index is 13.8. The number of aromatic nitrogens is 3. The molecule has 1 N–H and O–H groups in total. The van der Waals surface area contributed by atoms with E-state index in [0.29, 0.717) is 23.5 Å². The summed E-state index contributed by atoms with van der Waals surface area (Å²) in [5.41, 5.74) is 4.29. The van der Waals surface area contributed by atoms with Crippen molar-refractivity contribution in [1.82, 2.24) is 19.1 Å². The van der Waals surface area contributed by atoms with Gasteiger partial charge in [-0.15, -0.1) is 6.58 Å². The fourth-order valence-corrected chi connectivity index (χ4v) is 5.81. The number of halogens is 1. The molecule has 29 heavy (non-hydrogen) atoms. The molecule has 0 amide bonds. The number of hydrogen-bond donors (Lipinski definition) is 1. The van der Waals surface area contributed by atoms with Crippen LogP contribution in [0.1, 0.15) is 27.6 Å². The second-order valence-electron chi connectivity index (χ2n) is 6.93. The number of hydrogen-bond acceptors (Lipinski definition) is 4. The molecule has 3 rings (SSSR count). The predicted octanol–water partition coefficient (Wildman–Crippen LogP) is 3.98. The minimum absolute atomic E-state index is 0.288. The molecule has 0 aliphatic heterocycles. The van der Waals surface area contributed by atoms with Gasteiger partial charge in [-0.25, -0.2) is 12.4 Å². The van der Waals surface area contributed by atoms with Crippen molar-refractivity contribution in [3.05, 3.63) is 76.7 Å². The van der Waals surface area contributed by atoms with E-state index in [1.54, 1.807) is 20.2 Å². The van der Waals surface area contributed by atoms with Gasteiger partial charge in [0.1, 0.15) is 10.4 Å². The van der Waals surface area contributed by atoms with Gasteiger partial charge in [0, 0.05) is 25.4 Å². The van der Waals surface area contributed by atoms with Crippen LogP contribution in [0, 0.1) is 13.8 Å². The Morgan fingerprint density at radius 2 is 1.93 bits per heavy atom. The van der Waals surface area contributed by atoms with Crippen LogP contribution in [0.25, 0.3) is 11.3 Å². The van der Waals surface area contributed by atoms with Crippen molar-refractivity contribution in [3.63, 3.8) is 0 Å². The molecule has 1 aromatic carbocycles. The Kier molecular flexibility index (Phi) is 6.03. The van der Waals surface area contributed by atoms with Crippen molar-refractivity contribution in [2.24, 2.45) is 7.05 Å². The lowest BCUT2D eigenvalue weighted by Crippen LogP contribution is -2.21. The van der Waals surface area contributed by atoms with Gasteiger partial charge in [-0.1, -0.05) is 48.0 Å². The molecular weight excluding hydrogens is 408 g/mol. The molecule has 0 aliphatic rings.